The van der Waals surface area contributed by atoms with Gasteiger partial charge in [-0.05, 0) is 26.0 Å². The highest BCUT2D eigenvalue weighted by molar-refractivity contribution is 8.00. The lowest BCUT2D eigenvalue weighted by Gasteiger charge is -2.20. The Morgan fingerprint density at radius 3 is 2.58 bits per heavy atom. The summed E-state index contributed by atoms with van der Waals surface area (Å²) in [6.45, 7) is 3.76. The number of aryl methyl sites for hydroxylation is 2. The predicted octanol–water partition coefficient (Wildman–Crippen LogP) is 1.70. The SMILES string of the molecule is Cc1ccc(NC(=O)CN(C)C(=O)[C@@H](C)Sc2nncn2C)cc1. The van der Waals surface area contributed by atoms with Crippen molar-refractivity contribution in [2.45, 2.75) is 24.3 Å². The number of carbonyl (C=O) groups is 2. The molecule has 0 saturated carbocycles. The number of carbonyl (C=O) groups excluding carboxylic acids is 2. The molecule has 0 aliphatic heterocycles. The zero-order valence-electron chi connectivity index (χ0n) is 14.2. The molecule has 1 heterocycles. The van der Waals surface area contributed by atoms with E-state index in [2.05, 4.69) is 15.5 Å². The molecule has 7 nitrogen and oxygen atoms in total. The molecular formula is C16H21N5O2S. The quantitative estimate of drug-likeness (QED) is 0.805. The van der Waals surface area contributed by atoms with Crippen LogP contribution in [-0.2, 0) is 16.6 Å². The maximum absolute atomic E-state index is 12.4. The first-order valence-electron chi connectivity index (χ1n) is 7.49. The first-order valence-corrected chi connectivity index (χ1v) is 8.37. The third kappa shape index (κ3) is 4.82. The van der Waals surface area contributed by atoms with Gasteiger partial charge in [0.2, 0.25) is 11.8 Å². The van der Waals surface area contributed by atoms with Crippen LogP contribution in [0, 0.1) is 6.92 Å². The Balaban J connectivity index is 1.87. The van der Waals surface area contributed by atoms with Gasteiger partial charge in [0.05, 0.1) is 11.8 Å². The monoisotopic (exact) mass is 347 g/mol. The molecule has 24 heavy (non-hydrogen) atoms. The predicted molar refractivity (Wildman–Crippen MR) is 93.8 cm³/mol. The minimum Gasteiger partial charge on any atom is -0.335 e. The number of anilines is 1. The second kappa shape index (κ2) is 7.96. The molecule has 0 fully saturated rings. The molecular weight excluding hydrogens is 326 g/mol. The molecule has 128 valence electrons. The van der Waals surface area contributed by atoms with Crippen LogP contribution >= 0.6 is 11.8 Å². The summed E-state index contributed by atoms with van der Waals surface area (Å²) in [5.74, 6) is -0.368. The number of aromatic nitrogens is 3. The van der Waals surface area contributed by atoms with Crippen molar-refractivity contribution in [1.29, 1.82) is 0 Å². The van der Waals surface area contributed by atoms with Crippen LogP contribution in [-0.4, -0.2) is 50.3 Å². The average molecular weight is 347 g/mol. The Kier molecular flexibility index (Phi) is 5.97. The van der Waals surface area contributed by atoms with Crippen molar-refractivity contribution in [3.63, 3.8) is 0 Å². The van der Waals surface area contributed by atoms with E-state index in [-0.39, 0.29) is 23.6 Å². The van der Waals surface area contributed by atoms with Crippen molar-refractivity contribution in [3.8, 4) is 0 Å². The van der Waals surface area contributed by atoms with Crippen LogP contribution in [0.15, 0.2) is 35.7 Å². The van der Waals surface area contributed by atoms with Crippen LogP contribution in [0.4, 0.5) is 5.69 Å². The molecule has 1 aromatic heterocycles. The molecule has 2 aromatic rings. The van der Waals surface area contributed by atoms with E-state index in [9.17, 15) is 9.59 Å². The molecule has 0 aliphatic carbocycles. The van der Waals surface area contributed by atoms with Gasteiger partial charge in [-0.3, -0.25) is 9.59 Å². The minimum atomic E-state index is -0.356. The maximum Gasteiger partial charge on any atom is 0.243 e. The van der Waals surface area contributed by atoms with Crippen molar-refractivity contribution in [3.05, 3.63) is 36.2 Å². The Morgan fingerprint density at radius 2 is 2.00 bits per heavy atom. The number of likely N-dealkylation sites (N-methyl/N-ethyl adjacent to an activating group) is 1. The molecule has 1 aromatic carbocycles. The maximum atomic E-state index is 12.4. The number of hydrogen-bond donors (Lipinski definition) is 1. The van der Waals surface area contributed by atoms with Crippen LogP contribution in [0.2, 0.25) is 0 Å². The highest BCUT2D eigenvalue weighted by Gasteiger charge is 2.22. The topological polar surface area (TPSA) is 80.1 Å². The molecule has 1 atom stereocenters. The first kappa shape index (κ1) is 18.0. The van der Waals surface area contributed by atoms with Gasteiger partial charge in [-0.25, -0.2) is 0 Å². The van der Waals surface area contributed by atoms with E-state index in [0.29, 0.717) is 10.8 Å². The number of rotatable bonds is 6. The molecule has 8 heteroatoms. The van der Waals surface area contributed by atoms with E-state index in [0.717, 1.165) is 5.56 Å². The summed E-state index contributed by atoms with van der Waals surface area (Å²) in [6, 6.07) is 7.51. The van der Waals surface area contributed by atoms with Crippen molar-refractivity contribution < 1.29 is 9.59 Å². The molecule has 0 saturated heterocycles. The summed E-state index contributed by atoms with van der Waals surface area (Å²) in [4.78, 5) is 25.9. The summed E-state index contributed by atoms with van der Waals surface area (Å²) in [5, 5.41) is 10.8. The van der Waals surface area contributed by atoms with E-state index in [1.165, 1.54) is 16.7 Å². The fraction of sp³-hybridized carbons (Fsp3) is 0.375. The average Bonchev–Trinajstić information content (AvgIpc) is 2.93. The second-order valence-electron chi connectivity index (χ2n) is 5.59. The number of hydrogen-bond acceptors (Lipinski definition) is 5. The van der Waals surface area contributed by atoms with Crippen LogP contribution < -0.4 is 5.32 Å². The van der Waals surface area contributed by atoms with Gasteiger partial charge in [0.25, 0.3) is 0 Å². The smallest absolute Gasteiger partial charge is 0.243 e. The summed E-state index contributed by atoms with van der Waals surface area (Å²) in [6.07, 6.45) is 1.58. The van der Waals surface area contributed by atoms with Gasteiger partial charge >= 0.3 is 0 Å². The lowest BCUT2D eigenvalue weighted by Crippen LogP contribution is -2.39. The highest BCUT2D eigenvalue weighted by Crippen LogP contribution is 2.21. The number of amides is 2. The molecule has 0 aliphatic rings. The number of nitrogens with one attached hydrogen (secondary N) is 1. The Bertz CT molecular complexity index is 714. The molecule has 0 bridgehead atoms. The van der Waals surface area contributed by atoms with Gasteiger partial charge < -0.3 is 14.8 Å². The van der Waals surface area contributed by atoms with Crippen molar-refractivity contribution in [1.82, 2.24) is 19.7 Å². The van der Waals surface area contributed by atoms with Gasteiger partial charge in [-0.2, -0.15) is 0 Å². The standard InChI is InChI=1S/C16H21N5O2S/c1-11-5-7-13(8-6-11)18-14(22)9-20(3)15(23)12(2)24-16-19-17-10-21(16)4/h5-8,10,12H,9H2,1-4H3,(H,18,22)/t12-/m1/s1. The van der Waals surface area contributed by atoms with Crippen molar-refractivity contribution in [2.75, 3.05) is 18.9 Å². The highest BCUT2D eigenvalue weighted by atomic mass is 32.2. The second-order valence-corrected chi connectivity index (χ2v) is 6.90. The fourth-order valence-corrected chi connectivity index (χ4v) is 2.93. The number of nitrogens with zero attached hydrogens (tertiary/aromatic N) is 4. The van der Waals surface area contributed by atoms with E-state index in [1.807, 2.05) is 38.2 Å². The number of benzene rings is 1. The molecule has 0 unspecified atom stereocenters. The zero-order valence-corrected chi connectivity index (χ0v) is 15.0. The van der Waals surface area contributed by atoms with Gasteiger partial charge in [-0.15, -0.1) is 10.2 Å². The lowest BCUT2D eigenvalue weighted by molar-refractivity contribution is -0.132. The Hall–Kier alpha value is -2.35. The van der Waals surface area contributed by atoms with Crippen molar-refractivity contribution in [2.24, 2.45) is 7.05 Å². The third-order valence-corrected chi connectivity index (χ3v) is 4.53. The van der Waals surface area contributed by atoms with E-state index < -0.39 is 0 Å². The van der Waals surface area contributed by atoms with Crippen LogP contribution in [0.5, 0.6) is 0 Å². The van der Waals surface area contributed by atoms with Crippen LogP contribution in [0.3, 0.4) is 0 Å². The van der Waals surface area contributed by atoms with E-state index in [4.69, 9.17) is 0 Å². The number of thioether (sulfide) groups is 1. The third-order valence-electron chi connectivity index (χ3n) is 3.39. The Labute approximate surface area is 145 Å². The first-order chi connectivity index (χ1) is 11.4. The normalized spacial score (nSPS) is 11.8. The van der Waals surface area contributed by atoms with E-state index >= 15 is 0 Å². The summed E-state index contributed by atoms with van der Waals surface area (Å²) in [5.41, 5.74) is 1.84. The zero-order chi connectivity index (χ0) is 17.7. The van der Waals surface area contributed by atoms with Crippen LogP contribution in [0.1, 0.15) is 12.5 Å². The largest absolute Gasteiger partial charge is 0.335 e. The molecule has 2 amide bonds. The molecule has 2 rings (SSSR count). The van der Waals surface area contributed by atoms with Gasteiger partial charge in [0, 0.05) is 19.8 Å². The van der Waals surface area contributed by atoms with Gasteiger partial charge in [-0.1, -0.05) is 29.5 Å². The summed E-state index contributed by atoms with van der Waals surface area (Å²) >= 11 is 1.31. The van der Waals surface area contributed by atoms with Crippen molar-refractivity contribution >= 4 is 29.3 Å². The molecule has 0 spiro atoms. The minimum absolute atomic E-state index is 0.00355. The van der Waals surface area contributed by atoms with E-state index in [1.54, 1.807) is 24.9 Å². The molecule has 1 N–H and O–H groups in total. The summed E-state index contributed by atoms with van der Waals surface area (Å²) in [7, 11) is 3.43. The lowest BCUT2D eigenvalue weighted by atomic mass is 10.2. The Morgan fingerprint density at radius 1 is 1.33 bits per heavy atom. The van der Waals surface area contributed by atoms with Gasteiger partial charge in [0.15, 0.2) is 5.16 Å². The fourth-order valence-electron chi connectivity index (χ4n) is 2.03. The summed E-state index contributed by atoms with van der Waals surface area (Å²) < 4.78 is 1.75. The molecule has 0 radical (unpaired) electrons. The van der Waals surface area contributed by atoms with Gasteiger partial charge in [0.1, 0.15) is 6.33 Å². The van der Waals surface area contributed by atoms with Crippen LogP contribution in [0.25, 0.3) is 0 Å².